The maximum Gasteiger partial charge on any atom is 0.316 e. The van der Waals surface area contributed by atoms with Crippen molar-refractivity contribution < 1.29 is 4.79 Å². The van der Waals surface area contributed by atoms with Crippen LogP contribution in [0.1, 0.15) is 63.8 Å². The van der Waals surface area contributed by atoms with Gasteiger partial charge >= 0.3 is 6.03 Å². The second kappa shape index (κ2) is 7.67. The summed E-state index contributed by atoms with van der Waals surface area (Å²) in [6.45, 7) is 20.0. The van der Waals surface area contributed by atoms with Crippen molar-refractivity contribution in [3.8, 4) is 0 Å². The van der Waals surface area contributed by atoms with Crippen LogP contribution in [0.4, 0.5) is 4.79 Å². The minimum atomic E-state index is -0.601. The van der Waals surface area contributed by atoms with Crippen LogP contribution < -0.4 is 5.73 Å². The number of allylic oxidation sites excluding steroid dienone is 2. The third-order valence-corrected chi connectivity index (χ3v) is 5.51. The number of carbonyl (C=O) groups is 1. The summed E-state index contributed by atoms with van der Waals surface area (Å²) in [6.07, 6.45) is 0. The van der Waals surface area contributed by atoms with E-state index in [0.29, 0.717) is 0 Å². The van der Waals surface area contributed by atoms with Crippen LogP contribution >= 0.6 is 0 Å². The van der Waals surface area contributed by atoms with Crippen LogP contribution in [-0.4, -0.2) is 10.9 Å². The van der Waals surface area contributed by atoms with Gasteiger partial charge in [-0.15, -0.1) is 0 Å². The summed E-state index contributed by atoms with van der Waals surface area (Å²) in [5, 5.41) is 0. The summed E-state index contributed by atoms with van der Waals surface area (Å²) in [7, 11) is 0. The van der Waals surface area contributed by atoms with Crippen molar-refractivity contribution in [3.05, 3.63) is 83.9 Å². The molecule has 0 aromatic heterocycles. The van der Waals surface area contributed by atoms with Crippen LogP contribution in [0.3, 0.4) is 0 Å². The third kappa shape index (κ3) is 4.04. The molecule has 2 rings (SSSR count). The summed E-state index contributed by atoms with van der Waals surface area (Å²) < 4.78 is 0. The first-order chi connectivity index (χ1) is 12.9. The van der Waals surface area contributed by atoms with Gasteiger partial charge in [0.05, 0.1) is 11.1 Å². The Morgan fingerprint density at radius 1 is 0.750 bits per heavy atom. The monoisotopic (exact) mass is 376 g/mol. The molecule has 0 aliphatic rings. The standard InChI is InChI=1S/C25H32N2O/c1-17(2)19-9-13-21(14-10-19)24(5,6)27(23(26)28)25(7,8)22-15-11-20(12-16-22)18(3)4/h9-16H,1,3H2,2,4-8H3,(H2,26,28). The molecule has 2 amide bonds. The van der Waals surface area contributed by atoms with Crippen LogP contribution in [0.5, 0.6) is 0 Å². The van der Waals surface area contributed by atoms with E-state index in [1.807, 2.05) is 90.1 Å². The number of amides is 2. The van der Waals surface area contributed by atoms with Crippen LogP contribution in [0, 0.1) is 0 Å². The van der Waals surface area contributed by atoms with E-state index in [9.17, 15) is 4.79 Å². The van der Waals surface area contributed by atoms with Crippen molar-refractivity contribution in [3.63, 3.8) is 0 Å². The van der Waals surface area contributed by atoms with Crippen molar-refractivity contribution in [2.24, 2.45) is 5.73 Å². The van der Waals surface area contributed by atoms with Gasteiger partial charge in [0.25, 0.3) is 0 Å². The molecule has 0 saturated heterocycles. The quantitative estimate of drug-likeness (QED) is 0.631. The van der Waals surface area contributed by atoms with Crippen LogP contribution in [0.15, 0.2) is 61.7 Å². The van der Waals surface area contributed by atoms with Gasteiger partial charge in [-0.05, 0) is 63.8 Å². The van der Waals surface area contributed by atoms with E-state index in [2.05, 4.69) is 13.2 Å². The number of benzene rings is 2. The van der Waals surface area contributed by atoms with E-state index in [-0.39, 0.29) is 0 Å². The molecule has 3 nitrogen and oxygen atoms in total. The molecule has 2 N–H and O–H groups in total. The van der Waals surface area contributed by atoms with E-state index in [0.717, 1.165) is 33.4 Å². The third-order valence-electron chi connectivity index (χ3n) is 5.51. The van der Waals surface area contributed by atoms with E-state index in [1.54, 1.807) is 4.90 Å². The lowest BCUT2D eigenvalue weighted by atomic mass is 9.83. The first-order valence-corrected chi connectivity index (χ1v) is 9.51. The molecule has 0 heterocycles. The number of nitrogens with zero attached hydrogens (tertiary/aromatic N) is 1. The molecular formula is C25H32N2O. The Labute approximate surface area is 169 Å². The van der Waals surface area contributed by atoms with E-state index < -0.39 is 17.1 Å². The summed E-state index contributed by atoms with van der Waals surface area (Å²) in [4.78, 5) is 14.4. The van der Waals surface area contributed by atoms with Crippen molar-refractivity contribution in [2.75, 3.05) is 0 Å². The fourth-order valence-electron chi connectivity index (χ4n) is 3.83. The zero-order chi connectivity index (χ0) is 21.3. The number of primary amides is 1. The predicted molar refractivity (Wildman–Crippen MR) is 120 cm³/mol. The zero-order valence-corrected chi connectivity index (χ0v) is 18.0. The van der Waals surface area contributed by atoms with E-state index >= 15 is 0 Å². The molecule has 2 aromatic rings. The molecule has 28 heavy (non-hydrogen) atoms. The smallest absolute Gasteiger partial charge is 0.316 e. The molecule has 0 saturated carbocycles. The molecule has 0 radical (unpaired) electrons. The van der Waals surface area contributed by atoms with Gasteiger partial charge in [0.15, 0.2) is 0 Å². The summed E-state index contributed by atoms with van der Waals surface area (Å²) in [6, 6.07) is 15.9. The van der Waals surface area contributed by atoms with Gasteiger partial charge < -0.3 is 10.6 Å². The second-order valence-corrected chi connectivity index (χ2v) is 8.51. The Morgan fingerprint density at radius 3 is 1.25 bits per heavy atom. The molecule has 0 spiro atoms. The Balaban J connectivity index is 2.50. The normalized spacial score (nSPS) is 11.8. The lowest BCUT2D eigenvalue weighted by Gasteiger charge is -2.48. The van der Waals surface area contributed by atoms with Gasteiger partial charge in [0.1, 0.15) is 0 Å². The van der Waals surface area contributed by atoms with Gasteiger partial charge in [-0.3, -0.25) is 0 Å². The van der Waals surface area contributed by atoms with Gasteiger partial charge in [-0.2, -0.15) is 0 Å². The molecule has 0 atom stereocenters. The van der Waals surface area contributed by atoms with Crippen molar-refractivity contribution in [1.82, 2.24) is 4.90 Å². The fourth-order valence-corrected chi connectivity index (χ4v) is 3.83. The minimum Gasteiger partial charge on any atom is -0.351 e. The average molecular weight is 377 g/mol. The molecule has 0 fully saturated rings. The van der Waals surface area contributed by atoms with Crippen molar-refractivity contribution in [2.45, 2.75) is 52.6 Å². The topological polar surface area (TPSA) is 46.3 Å². The Kier molecular flexibility index (Phi) is 5.88. The van der Waals surface area contributed by atoms with Gasteiger partial charge in [0.2, 0.25) is 0 Å². The lowest BCUT2D eigenvalue weighted by Crippen LogP contribution is -2.57. The van der Waals surface area contributed by atoms with Crippen LogP contribution in [-0.2, 0) is 11.1 Å². The maximum absolute atomic E-state index is 12.6. The van der Waals surface area contributed by atoms with E-state index in [4.69, 9.17) is 5.73 Å². The first kappa shape index (κ1) is 21.5. The molecule has 0 aliphatic carbocycles. The number of carbonyl (C=O) groups excluding carboxylic acids is 1. The highest BCUT2D eigenvalue weighted by molar-refractivity contribution is 5.75. The molecule has 148 valence electrons. The van der Waals surface area contributed by atoms with Crippen molar-refractivity contribution >= 4 is 17.2 Å². The molecule has 2 aromatic carbocycles. The predicted octanol–water partition coefficient (Wildman–Crippen LogP) is 6.30. The largest absolute Gasteiger partial charge is 0.351 e. The number of nitrogens with two attached hydrogens (primary N) is 1. The van der Waals surface area contributed by atoms with Crippen LogP contribution in [0.25, 0.3) is 11.1 Å². The number of urea groups is 1. The highest BCUT2D eigenvalue weighted by Gasteiger charge is 2.42. The van der Waals surface area contributed by atoms with Gasteiger partial charge in [-0.25, -0.2) is 4.79 Å². The fraction of sp³-hybridized carbons (Fsp3) is 0.320. The molecular weight excluding hydrogens is 344 g/mol. The minimum absolute atomic E-state index is 0.456. The summed E-state index contributed by atoms with van der Waals surface area (Å²) >= 11 is 0. The number of hydrogen-bond acceptors (Lipinski definition) is 1. The SMILES string of the molecule is C=C(C)c1ccc(C(C)(C)N(C(N)=O)C(C)(C)c2ccc(C(=C)C)cc2)cc1. The highest BCUT2D eigenvalue weighted by Crippen LogP contribution is 2.39. The summed E-state index contributed by atoms with van der Waals surface area (Å²) in [5.41, 5.74) is 10.9. The zero-order valence-electron chi connectivity index (χ0n) is 18.0. The Hall–Kier alpha value is -2.81. The van der Waals surface area contributed by atoms with Gasteiger partial charge in [-0.1, -0.05) is 72.8 Å². The number of rotatable bonds is 6. The van der Waals surface area contributed by atoms with Gasteiger partial charge in [0, 0.05) is 0 Å². The first-order valence-electron chi connectivity index (χ1n) is 9.51. The highest BCUT2D eigenvalue weighted by atomic mass is 16.2. The molecule has 0 aliphatic heterocycles. The summed E-state index contributed by atoms with van der Waals surface area (Å²) in [5.74, 6) is 0. The number of hydrogen-bond donors (Lipinski definition) is 1. The van der Waals surface area contributed by atoms with Crippen LogP contribution in [0.2, 0.25) is 0 Å². The second-order valence-electron chi connectivity index (χ2n) is 8.51. The molecule has 3 heteroatoms. The Morgan fingerprint density at radius 2 is 1.04 bits per heavy atom. The molecule has 0 bridgehead atoms. The maximum atomic E-state index is 12.6. The Bertz CT molecular complexity index is 818. The average Bonchev–Trinajstić information content (AvgIpc) is 2.61. The lowest BCUT2D eigenvalue weighted by molar-refractivity contribution is 0.0549. The van der Waals surface area contributed by atoms with E-state index in [1.165, 1.54) is 0 Å². The van der Waals surface area contributed by atoms with Crippen molar-refractivity contribution in [1.29, 1.82) is 0 Å². The molecule has 0 unspecified atom stereocenters.